The van der Waals surface area contributed by atoms with E-state index in [4.69, 9.17) is 4.42 Å². The van der Waals surface area contributed by atoms with Crippen LogP contribution in [0.1, 0.15) is 78.0 Å². The van der Waals surface area contributed by atoms with Crippen LogP contribution in [0.4, 0.5) is 11.4 Å². The summed E-state index contributed by atoms with van der Waals surface area (Å²) in [6.07, 6.45) is 2.41. The zero-order valence-electron chi connectivity index (χ0n) is 38.3. The number of anilines is 2. The summed E-state index contributed by atoms with van der Waals surface area (Å²) in [7, 11) is 0. The van der Waals surface area contributed by atoms with Crippen LogP contribution in [0.15, 0.2) is 138 Å². The van der Waals surface area contributed by atoms with Crippen LogP contribution in [0.25, 0.3) is 101 Å². The molecule has 3 nitrogen and oxygen atoms in total. The van der Waals surface area contributed by atoms with E-state index in [9.17, 15) is 0 Å². The first-order valence-electron chi connectivity index (χ1n) is 23.6. The normalized spacial score (nSPS) is 16.2. The molecule has 0 saturated carbocycles. The molecule has 0 saturated heterocycles. The Morgan fingerprint density at radius 1 is 0.530 bits per heavy atom. The van der Waals surface area contributed by atoms with Crippen LogP contribution in [0, 0.1) is 0 Å². The van der Waals surface area contributed by atoms with Crippen molar-refractivity contribution in [3.8, 4) is 16.8 Å². The summed E-state index contributed by atoms with van der Waals surface area (Å²) in [5, 5.41) is 10.3. The highest BCUT2D eigenvalue weighted by atomic mass is 32.1. The minimum absolute atomic E-state index is 0.0335. The molecule has 0 spiro atoms. The summed E-state index contributed by atoms with van der Waals surface area (Å²) in [6, 6.07) is 51.9. The zero-order valence-corrected chi connectivity index (χ0v) is 39.9. The summed E-state index contributed by atoms with van der Waals surface area (Å²) in [4.78, 5) is 2.71. The molecule has 0 fully saturated rings. The lowest BCUT2D eigenvalue weighted by molar-refractivity contribution is 0.332. The molecular weight excluding hydrogens is 840 g/mol. The highest BCUT2D eigenvalue weighted by Gasteiger charge is 2.45. The minimum atomic E-state index is -0.0987. The molecule has 66 heavy (non-hydrogen) atoms. The molecule has 0 radical (unpaired) electrons. The van der Waals surface area contributed by atoms with E-state index in [0.717, 1.165) is 21.9 Å². The monoisotopic (exact) mass is 886 g/mol. The van der Waals surface area contributed by atoms with E-state index < -0.39 is 0 Å². The Kier molecular flexibility index (Phi) is 7.08. The third kappa shape index (κ3) is 4.84. The Labute approximate surface area is 392 Å². The molecule has 0 N–H and O–H groups in total. The topological polar surface area (TPSA) is 21.3 Å². The number of para-hydroxylation sites is 1. The van der Waals surface area contributed by atoms with E-state index in [-0.39, 0.29) is 23.1 Å². The van der Waals surface area contributed by atoms with Crippen LogP contribution in [0.5, 0.6) is 0 Å². The lowest BCUT2D eigenvalue weighted by Gasteiger charge is -2.42. The molecule has 15 rings (SSSR count). The smallest absolute Gasteiger partial charge is 0.333 e. The number of benzene rings is 8. The van der Waals surface area contributed by atoms with Gasteiger partial charge in [-0.1, -0.05) is 115 Å². The first-order chi connectivity index (χ1) is 31.8. The van der Waals surface area contributed by atoms with Gasteiger partial charge in [0.25, 0.3) is 0 Å². The van der Waals surface area contributed by atoms with Crippen molar-refractivity contribution in [2.24, 2.45) is 0 Å². The average Bonchev–Trinajstić information content (AvgIpc) is 4.05. The number of hydrogen-bond acceptors (Lipinski definition) is 4. The van der Waals surface area contributed by atoms with Gasteiger partial charge in [-0.3, -0.25) is 0 Å². The Hall–Kier alpha value is -6.34. The highest BCUT2D eigenvalue weighted by molar-refractivity contribution is 7.26. The first-order valence-corrected chi connectivity index (χ1v) is 25.3. The molecule has 1 aliphatic carbocycles. The van der Waals surface area contributed by atoms with Crippen molar-refractivity contribution < 1.29 is 4.42 Å². The quantitative estimate of drug-likeness (QED) is 0.153. The van der Waals surface area contributed by atoms with Gasteiger partial charge in [0.1, 0.15) is 11.2 Å². The summed E-state index contributed by atoms with van der Waals surface area (Å²) >= 11 is 3.87. The zero-order chi connectivity index (χ0) is 44.3. The van der Waals surface area contributed by atoms with E-state index in [1.807, 2.05) is 22.7 Å². The van der Waals surface area contributed by atoms with Crippen LogP contribution in [-0.2, 0) is 16.2 Å². The van der Waals surface area contributed by atoms with E-state index in [1.165, 1.54) is 131 Å². The number of fused-ring (bicyclic) bond motifs is 18. The molecule has 6 heterocycles. The summed E-state index contributed by atoms with van der Waals surface area (Å²) in [5.74, 6) is 0. The minimum Gasteiger partial charge on any atom is -0.456 e. The molecular formula is C60H47BN2OS2. The number of furan rings is 1. The first kappa shape index (κ1) is 37.8. The summed E-state index contributed by atoms with van der Waals surface area (Å²) in [5.41, 5.74) is 18.0. The fraction of sp³-hybridized carbons (Fsp3) is 0.200. The molecule has 0 amide bonds. The average molecular weight is 887 g/mol. The molecule has 6 heteroatoms. The van der Waals surface area contributed by atoms with Crippen molar-refractivity contribution in [1.82, 2.24) is 4.57 Å². The molecule has 0 bridgehead atoms. The van der Waals surface area contributed by atoms with Crippen molar-refractivity contribution in [1.29, 1.82) is 0 Å². The van der Waals surface area contributed by atoms with Crippen molar-refractivity contribution in [3.63, 3.8) is 0 Å². The van der Waals surface area contributed by atoms with Crippen LogP contribution in [0.2, 0.25) is 0 Å². The lowest BCUT2D eigenvalue weighted by Crippen LogP contribution is -2.60. The third-order valence-corrected chi connectivity index (χ3v) is 18.4. The molecule has 3 aliphatic rings. The standard InChI is InChI=1S/C60H47BN2OS2/c1-58(2,3)32-16-18-33(19-17-32)63-48-27-43-42-25-44-45(60(6,7)23-22-59(44,4)5)29-54(42)66-53(43)28-39(48)36-20-21-37-38-24-41-35-13-9-11-15-52(35)65-55(41)31-47(38)62-49-30-51-40(34-12-8-10-14-50(34)64-51)26-46(49)61(63)56(36)57(37)62/h8-21,24-31H,22-23H2,1-7H3. The van der Waals surface area contributed by atoms with Gasteiger partial charge in [-0.05, 0) is 123 Å². The molecule has 2 aliphatic heterocycles. The predicted octanol–water partition coefficient (Wildman–Crippen LogP) is 16.3. The number of aromatic nitrogens is 1. The number of hydrogen-bond donors (Lipinski definition) is 0. The Bertz CT molecular complexity index is 4170. The van der Waals surface area contributed by atoms with Gasteiger partial charge < -0.3 is 13.8 Å². The number of thiophene rings is 2. The Balaban J connectivity index is 1.10. The second kappa shape index (κ2) is 12.4. The second-order valence-corrected chi connectivity index (χ2v) is 24.1. The SMILES string of the molecule is CC(C)(C)c1ccc(N2B3c4cc5c(cc4-n4c6cc7sc8ccccc8c7cc6c6ccc(c3c64)-c3cc4sc6cc7c(cc6c4cc32)C(C)(C)CCC7(C)C)oc2ccccc25)cc1. The maximum Gasteiger partial charge on any atom is 0.333 e. The number of rotatable bonds is 1. The van der Waals surface area contributed by atoms with Gasteiger partial charge in [0.05, 0.1) is 11.0 Å². The third-order valence-electron chi connectivity index (χ3n) is 16.2. The summed E-state index contributed by atoms with van der Waals surface area (Å²) < 4.78 is 14.7. The molecule has 0 unspecified atom stereocenters. The lowest BCUT2D eigenvalue weighted by atomic mass is 9.44. The molecule has 318 valence electrons. The van der Waals surface area contributed by atoms with E-state index >= 15 is 0 Å². The Morgan fingerprint density at radius 3 is 2.02 bits per heavy atom. The van der Waals surface area contributed by atoms with Crippen LogP contribution in [-0.4, -0.2) is 11.4 Å². The number of nitrogens with zero attached hydrogens (tertiary/aromatic N) is 2. The van der Waals surface area contributed by atoms with Crippen LogP contribution >= 0.6 is 22.7 Å². The highest BCUT2D eigenvalue weighted by Crippen LogP contribution is 2.53. The van der Waals surface area contributed by atoms with Gasteiger partial charge in [-0.25, -0.2) is 0 Å². The van der Waals surface area contributed by atoms with Gasteiger partial charge in [-0.2, -0.15) is 0 Å². The molecule has 8 aromatic carbocycles. The van der Waals surface area contributed by atoms with Crippen molar-refractivity contribution in [2.75, 3.05) is 4.81 Å². The fourth-order valence-electron chi connectivity index (χ4n) is 12.6. The maximum absolute atomic E-state index is 6.74. The fourth-order valence-corrected chi connectivity index (χ4v) is 14.8. The van der Waals surface area contributed by atoms with Gasteiger partial charge in [0, 0.05) is 90.6 Å². The Morgan fingerprint density at radius 2 is 1.21 bits per heavy atom. The molecule has 0 atom stereocenters. The van der Waals surface area contributed by atoms with Crippen molar-refractivity contribution >= 4 is 136 Å². The van der Waals surface area contributed by atoms with Crippen LogP contribution in [0.3, 0.4) is 0 Å². The predicted molar refractivity (Wildman–Crippen MR) is 287 cm³/mol. The van der Waals surface area contributed by atoms with E-state index in [1.54, 1.807) is 0 Å². The van der Waals surface area contributed by atoms with Crippen molar-refractivity contribution in [3.05, 3.63) is 150 Å². The van der Waals surface area contributed by atoms with Gasteiger partial charge in [0.15, 0.2) is 0 Å². The van der Waals surface area contributed by atoms with E-state index in [0.29, 0.717) is 0 Å². The second-order valence-electron chi connectivity index (χ2n) is 21.9. The van der Waals surface area contributed by atoms with Gasteiger partial charge in [-0.15, -0.1) is 22.7 Å². The van der Waals surface area contributed by atoms with Crippen LogP contribution < -0.4 is 15.7 Å². The van der Waals surface area contributed by atoms with Gasteiger partial charge >= 0.3 is 6.85 Å². The van der Waals surface area contributed by atoms with E-state index in [2.05, 4.69) is 191 Å². The largest absolute Gasteiger partial charge is 0.456 e. The molecule has 4 aromatic heterocycles. The maximum atomic E-state index is 6.74. The summed E-state index contributed by atoms with van der Waals surface area (Å²) in [6.45, 7) is 16.6. The van der Waals surface area contributed by atoms with Crippen molar-refractivity contribution in [2.45, 2.75) is 77.6 Å². The van der Waals surface area contributed by atoms with Gasteiger partial charge in [0.2, 0.25) is 0 Å². The molecule has 12 aromatic rings.